The van der Waals surface area contributed by atoms with Crippen molar-refractivity contribution in [3.63, 3.8) is 0 Å². The molecule has 0 aromatic heterocycles. The molecule has 9 nitrogen and oxygen atoms in total. The second-order valence-electron chi connectivity index (χ2n) is 10.3. The number of likely N-dealkylation sites (N-methyl/N-ethyl adjacent to an activating group) is 1. The Labute approximate surface area is 225 Å². The Bertz CT molecular complexity index is 1090. The van der Waals surface area contributed by atoms with Gasteiger partial charge in [-0.15, -0.1) is 0 Å². The molecule has 2 fully saturated rings. The number of carbonyl (C=O) groups excluding carboxylic acids is 1. The van der Waals surface area contributed by atoms with Crippen LogP contribution in [0, 0.1) is 6.92 Å². The minimum Gasteiger partial charge on any atom is -0.480 e. The number of ether oxygens (including phenoxy) is 1. The zero-order chi connectivity index (χ0) is 27.1. The highest BCUT2D eigenvalue weighted by Gasteiger charge is 2.27. The average Bonchev–Trinajstić information content (AvgIpc) is 2.95. The Morgan fingerprint density at radius 1 is 0.947 bits per heavy atom. The summed E-state index contributed by atoms with van der Waals surface area (Å²) in [5, 5.41) is 18.3. The molecule has 3 N–H and O–H groups in total. The summed E-state index contributed by atoms with van der Waals surface area (Å²) >= 11 is 0. The second kappa shape index (κ2) is 13.1. The van der Waals surface area contributed by atoms with Gasteiger partial charge in [-0.25, -0.2) is 4.79 Å². The Morgan fingerprint density at radius 3 is 2.24 bits per heavy atom. The number of aliphatic hydroxyl groups is 1. The first-order valence-corrected chi connectivity index (χ1v) is 13.5. The second-order valence-corrected chi connectivity index (χ2v) is 10.3. The molecule has 2 aromatic carbocycles. The minimum absolute atomic E-state index is 0.0331. The van der Waals surface area contributed by atoms with Crippen molar-refractivity contribution in [2.24, 2.45) is 0 Å². The van der Waals surface area contributed by atoms with Gasteiger partial charge in [0.25, 0.3) is 5.91 Å². The van der Waals surface area contributed by atoms with Crippen LogP contribution in [0.4, 0.5) is 11.4 Å². The fraction of sp³-hybridized carbons (Fsp3) is 0.517. The number of rotatable bonds is 5. The fourth-order valence-electron chi connectivity index (χ4n) is 5.42. The summed E-state index contributed by atoms with van der Waals surface area (Å²) in [7, 11) is 2.20. The summed E-state index contributed by atoms with van der Waals surface area (Å²) in [5.74, 6) is -1.16. The predicted molar refractivity (Wildman–Crippen MR) is 148 cm³/mol. The van der Waals surface area contributed by atoms with E-state index in [2.05, 4.69) is 58.3 Å². The van der Waals surface area contributed by atoms with Crippen molar-refractivity contribution < 1.29 is 24.5 Å². The highest BCUT2D eigenvalue weighted by molar-refractivity contribution is 5.94. The molecule has 2 heterocycles. The molecule has 1 atom stereocenters. The van der Waals surface area contributed by atoms with Crippen LogP contribution in [0.3, 0.4) is 0 Å². The van der Waals surface area contributed by atoms with E-state index in [1.54, 1.807) is 0 Å². The van der Waals surface area contributed by atoms with Crippen LogP contribution in [0.15, 0.2) is 36.4 Å². The Kier molecular flexibility index (Phi) is 9.60. The lowest BCUT2D eigenvalue weighted by atomic mass is 9.84. The third kappa shape index (κ3) is 7.03. The van der Waals surface area contributed by atoms with Crippen molar-refractivity contribution in [2.75, 3.05) is 75.9 Å². The van der Waals surface area contributed by atoms with Crippen LogP contribution in [0.25, 0.3) is 0 Å². The molecule has 0 bridgehead atoms. The van der Waals surface area contributed by atoms with E-state index in [-0.39, 0.29) is 11.9 Å². The first-order chi connectivity index (χ1) is 18.4. The normalized spacial score (nSPS) is 19.7. The molecule has 1 amide bonds. The van der Waals surface area contributed by atoms with Crippen LogP contribution in [-0.2, 0) is 22.4 Å². The van der Waals surface area contributed by atoms with Crippen molar-refractivity contribution in [1.29, 1.82) is 0 Å². The summed E-state index contributed by atoms with van der Waals surface area (Å²) in [4.78, 5) is 29.4. The smallest absolute Gasteiger partial charge is 0.329 e. The number of morpholine rings is 1. The van der Waals surface area contributed by atoms with Crippen LogP contribution in [0.1, 0.15) is 33.5 Å². The van der Waals surface area contributed by atoms with Gasteiger partial charge in [0, 0.05) is 62.2 Å². The van der Waals surface area contributed by atoms with Crippen molar-refractivity contribution in [1.82, 2.24) is 10.2 Å². The van der Waals surface area contributed by atoms with Gasteiger partial charge < -0.3 is 35.0 Å². The number of carbonyl (C=O) groups is 2. The van der Waals surface area contributed by atoms with Crippen molar-refractivity contribution in [2.45, 2.75) is 32.2 Å². The first kappa shape index (κ1) is 27.9. The van der Waals surface area contributed by atoms with Crippen LogP contribution in [-0.4, -0.2) is 99.2 Å². The molecular formula is C29H40N4O5. The van der Waals surface area contributed by atoms with E-state index in [0.29, 0.717) is 0 Å². The number of piperazine rings is 1. The monoisotopic (exact) mass is 524 g/mol. The molecular weight excluding hydrogens is 484 g/mol. The van der Waals surface area contributed by atoms with Crippen LogP contribution in [0.2, 0.25) is 0 Å². The lowest BCUT2D eigenvalue weighted by Gasteiger charge is -2.37. The lowest BCUT2D eigenvalue weighted by molar-refractivity contribution is -0.140. The van der Waals surface area contributed by atoms with E-state index < -0.39 is 12.6 Å². The van der Waals surface area contributed by atoms with Gasteiger partial charge in [0.2, 0.25) is 0 Å². The lowest BCUT2D eigenvalue weighted by Crippen LogP contribution is -2.45. The number of nitrogens with one attached hydrogen (secondary N) is 1. The number of anilines is 2. The molecule has 5 rings (SSSR count). The Hall–Kier alpha value is -3.14. The quantitative estimate of drug-likeness (QED) is 0.545. The molecule has 0 radical (unpaired) electrons. The number of aliphatic hydroxyl groups excluding tert-OH is 1. The van der Waals surface area contributed by atoms with E-state index in [1.807, 2.05) is 12.1 Å². The topological polar surface area (TPSA) is 106 Å². The van der Waals surface area contributed by atoms with Gasteiger partial charge in [-0.3, -0.25) is 4.79 Å². The zero-order valence-electron chi connectivity index (χ0n) is 22.5. The molecule has 1 aliphatic carbocycles. The number of aliphatic carboxylic acids is 1. The number of carboxylic acids is 1. The van der Waals surface area contributed by atoms with Gasteiger partial charge in [-0.2, -0.15) is 0 Å². The van der Waals surface area contributed by atoms with E-state index in [4.69, 9.17) is 19.7 Å². The molecule has 2 saturated heterocycles. The molecule has 2 aliphatic heterocycles. The van der Waals surface area contributed by atoms with Crippen LogP contribution < -0.4 is 15.1 Å². The summed E-state index contributed by atoms with van der Waals surface area (Å²) in [6.07, 6.45) is 2.94. The first-order valence-electron chi connectivity index (χ1n) is 13.5. The molecule has 38 heavy (non-hydrogen) atoms. The number of fused-ring (bicyclic) bond motifs is 1. The number of aryl methyl sites for hydroxylation is 1. The maximum Gasteiger partial charge on any atom is 0.329 e. The van der Waals surface area contributed by atoms with Crippen molar-refractivity contribution >= 4 is 23.3 Å². The highest BCUT2D eigenvalue weighted by atomic mass is 16.5. The van der Waals surface area contributed by atoms with E-state index in [9.17, 15) is 4.79 Å². The van der Waals surface area contributed by atoms with Crippen LogP contribution in [0.5, 0.6) is 0 Å². The molecule has 206 valence electrons. The van der Waals surface area contributed by atoms with E-state index >= 15 is 0 Å². The third-order valence-electron chi connectivity index (χ3n) is 7.65. The van der Waals surface area contributed by atoms with Gasteiger partial charge in [-0.05, 0) is 80.3 Å². The molecule has 0 unspecified atom stereocenters. The number of hydrogen-bond donors (Lipinski definition) is 3. The third-order valence-corrected chi connectivity index (χ3v) is 7.65. The van der Waals surface area contributed by atoms with Gasteiger partial charge >= 0.3 is 5.97 Å². The van der Waals surface area contributed by atoms with Crippen molar-refractivity contribution in [3.05, 3.63) is 58.7 Å². The Morgan fingerprint density at radius 2 is 1.61 bits per heavy atom. The molecule has 3 aliphatic rings. The van der Waals surface area contributed by atoms with Gasteiger partial charge in [0.05, 0.1) is 13.2 Å². The van der Waals surface area contributed by atoms with Gasteiger partial charge in [0.15, 0.2) is 0 Å². The largest absolute Gasteiger partial charge is 0.480 e. The number of hydrogen-bond acceptors (Lipinski definition) is 7. The maximum absolute atomic E-state index is 13.0. The summed E-state index contributed by atoms with van der Waals surface area (Å²) in [6.45, 7) is 9.12. The summed E-state index contributed by atoms with van der Waals surface area (Å²) in [6, 6.07) is 12.8. The number of nitrogens with zero attached hydrogens (tertiary/aromatic N) is 3. The van der Waals surface area contributed by atoms with Crippen LogP contribution >= 0.6 is 0 Å². The van der Waals surface area contributed by atoms with E-state index in [0.717, 1.165) is 83.0 Å². The van der Waals surface area contributed by atoms with Gasteiger partial charge in [0.1, 0.15) is 6.61 Å². The predicted octanol–water partition coefficient (Wildman–Crippen LogP) is 1.93. The average molecular weight is 525 g/mol. The van der Waals surface area contributed by atoms with E-state index in [1.165, 1.54) is 22.4 Å². The molecule has 0 spiro atoms. The number of amides is 1. The Balaban J connectivity index is 0.000000617. The molecule has 0 saturated carbocycles. The van der Waals surface area contributed by atoms with Gasteiger partial charge in [-0.1, -0.05) is 6.07 Å². The zero-order valence-corrected chi connectivity index (χ0v) is 22.5. The number of carboxylic acid groups (broad SMARTS) is 1. The SMILES string of the molecule is Cc1ccc(N2CCN(C)CC2)c2c1CC[C@@H](NC(=O)c1ccc(N3CCOCC3)cc1)C2.O=C(O)CO. The minimum atomic E-state index is -1.19. The summed E-state index contributed by atoms with van der Waals surface area (Å²) in [5.41, 5.74) is 7.59. The van der Waals surface area contributed by atoms with Crippen molar-refractivity contribution in [3.8, 4) is 0 Å². The standard InChI is InChI=1S/C27H36N4O2.C2H4O3/c1-20-3-10-26(31-13-11-29(2)12-14-31)25-19-22(6-9-24(20)25)28-27(32)21-4-7-23(8-5-21)30-15-17-33-18-16-30;3-1-2(4)5/h3-5,7-8,10,22H,6,9,11-19H2,1-2H3,(H,28,32);3H,1H2,(H,4,5)/t22-;/m1./s1. The molecule has 9 heteroatoms. The highest BCUT2D eigenvalue weighted by Crippen LogP contribution is 2.33. The fourth-order valence-corrected chi connectivity index (χ4v) is 5.42. The maximum atomic E-state index is 13.0. The summed E-state index contributed by atoms with van der Waals surface area (Å²) < 4.78 is 5.44. The molecule has 2 aromatic rings. The number of benzene rings is 2.